The van der Waals surface area contributed by atoms with Gasteiger partial charge in [0.05, 0.1) is 0 Å². The first-order chi connectivity index (χ1) is 6.02. The van der Waals surface area contributed by atoms with E-state index in [2.05, 4.69) is 6.92 Å². The molecular weight excluding hydrogens is 164 g/mol. The van der Waals surface area contributed by atoms with Gasteiger partial charge in [-0.05, 0) is 13.8 Å². The van der Waals surface area contributed by atoms with Crippen molar-refractivity contribution in [2.24, 2.45) is 5.92 Å². The zero-order valence-electron chi connectivity index (χ0n) is 8.26. The number of Topliss-reactive ketones (excluding diaryl/α,β-unsaturated/α-hetero) is 1. The predicted octanol–water partition coefficient (Wildman–Crippen LogP) is 2.21. The summed E-state index contributed by atoms with van der Waals surface area (Å²) < 4.78 is 5.66. The van der Waals surface area contributed by atoms with Crippen LogP contribution in [0.25, 0.3) is 0 Å². The molecule has 0 aromatic heterocycles. The van der Waals surface area contributed by atoms with Gasteiger partial charge in [-0.1, -0.05) is 19.1 Å². The number of hydrogen-bond donors (Lipinski definition) is 0. The third-order valence-corrected chi connectivity index (χ3v) is 2.99. The molecule has 1 atom stereocenters. The van der Waals surface area contributed by atoms with Crippen LogP contribution in [-0.4, -0.2) is 11.4 Å². The van der Waals surface area contributed by atoms with Gasteiger partial charge in [-0.2, -0.15) is 0 Å². The van der Waals surface area contributed by atoms with E-state index in [1.54, 1.807) is 0 Å². The van der Waals surface area contributed by atoms with Crippen molar-refractivity contribution >= 4 is 5.78 Å². The molecule has 2 nitrogen and oxygen atoms in total. The molecule has 0 N–H and O–H groups in total. The molecule has 2 aliphatic rings. The highest BCUT2D eigenvalue weighted by molar-refractivity contribution is 5.97. The Morgan fingerprint density at radius 3 is 2.85 bits per heavy atom. The van der Waals surface area contributed by atoms with Crippen LogP contribution in [0, 0.1) is 5.92 Å². The Kier molecular flexibility index (Phi) is 1.62. The number of carbonyl (C=O) groups is 1. The molecular formula is C11H14O2. The van der Waals surface area contributed by atoms with Crippen LogP contribution in [0.2, 0.25) is 0 Å². The Morgan fingerprint density at radius 2 is 2.23 bits per heavy atom. The Balaban J connectivity index is 2.42. The van der Waals surface area contributed by atoms with E-state index in [1.165, 1.54) is 0 Å². The molecule has 0 radical (unpaired) electrons. The van der Waals surface area contributed by atoms with Crippen LogP contribution >= 0.6 is 0 Å². The van der Waals surface area contributed by atoms with Gasteiger partial charge in [0.25, 0.3) is 0 Å². The van der Waals surface area contributed by atoms with Gasteiger partial charge in [0.2, 0.25) is 5.78 Å². The lowest BCUT2D eigenvalue weighted by Gasteiger charge is -2.24. The van der Waals surface area contributed by atoms with Crippen LogP contribution in [-0.2, 0) is 9.53 Å². The van der Waals surface area contributed by atoms with Gasteiger partial charge in [0.1, 0.15) is 5.60 Å². The van der Waals surface area contributed by atoms with E-state index >= 15 is 0 Å². The SMILES string of the molecule is CC1C2=C(OC1(C)C)C(=O)CC=C2. The fourth-order valence-electron chi connectivity index (χ4n) is 1.81. The summed E-state index contributed by atoms with van der Waals surface area (Å²) in [7, 11) is 0. The Hall–Kier alpha value is -1.05. The summed E-state index contributed by atoms with van der Waals surface area (Å²) >= 11 is 0. The standard InChI is InChI=1S/C11H14O2/c1-7-8-5-4-6-9(12)10(8)13-11(7,2)3/h4-5,7H,6H2,1-3H3. The van der Waals surface area contributed by atoms with Crippen molar-refractivity contribution in [3.8, 4) is 0 Å². The average Bonchev–Trinajstić information content (AvgIpc) is 2.28. The monoisotopic (exact) mass is 178 g/mol. The van der Waals surface area contributed by atoms with Gasteiger partial charge in [-0.15, -0.1) is 0 Å². The van der Waals surface area contributed by atoms with Crippen LogP contribution in [0.3, 0.4) is 0 Å². The lowest BCUT2D eigenvalue weighted by atomic mass is 9.86. The van der Waals surface area contributed by atoms with Crippen molar-refractivity contribution in [3.05, 3.63) is 23.5 Å². The normalized spacial score (nSPS) is 30.4. The first-order valence-electron chi connectivity index (χ1n) is 4.65. The highest BCUT2D eigenvalue weighted by Gasteiger charge is 2.41. The highest BCUT2D eigenvalue weighted by atomic mass is 16.5. The number of ether oxygens (including phenoxy) is 1. The van der Waals surface area contributed by atoms with E-state index < -0.39 is 0 Å². The van der Waals surface area contributed by atoms with Gasteiger partial charge in [0.15, 0.2) is 5.76 Å². The fourth-order valence-corrected chi connectivity index (χ4v) is 1.81. The molecule has 0 aromatic carbocycles. The minimum atomic E-state index is -0.227. The number of carbonyl (C=O) groups excluding carboxylic acids is 1. The quantitative estimate of drug-likeness (QED) is 0.568. The van der Waals surface area contributed by atoms with Gasteiger partial charge in [-0.3, -0.25) is 4.79 Å². The maximum Gasteiger partial charge on any atom is 0.201 e. The zero-order valence-corrected chi connectivity index (χ0v) is 8.26. The molecule has 1 unspecified atom stereocenters. The largest absolute Gasteiger partial charge is 0.483 e. The second-order valence-electron chi connectivity index (χ2n) is 4.24. The molecule has 0 spiro atoms. The molecule has 0 amide bonds. The van der Waals surface area contributed by atoms with Crippen LogP contribution in [0.1, 0.15) is 27.2 Å². The molecule has 0 aromatic rings. The summed E-state index contributed by atoms with van der Waals surface area (Å²) in [6.45, 7) is 6.15. The van der Waals surface area contributed by atoms with Crippen molar-refractivity contribution in [2.45, 2.75) is 32.8 Å². The van der Waals surface area contributed by atoms with E-state index in [0.29, 0.717) is 18.1 Å². The zero-order chi connectivity index (χ0) is 9.64. The van der Waals surface area contributed by atoms with Crippen molar-refractivity contribution in [3.63, 3.8) is 0 Å². The van der Waals surface area contributed by atoms with Gasteiger partial charge >= 0.3 is 0 Å². The summed E-state index contributed by atoms with van der Waals surface area (Å²) in [6, 6.07) is 0. The summed E-state index contributed by atoms with van der Waals surface area (Å²) in [4.78, 5) is 11.5. The maximum atomic E-state index is 11.5. The average molecular weight is 178 g/mol. The molecule has 1 heterocycles. The third kappa shape index (κ3) is 1.12. The third-order valence-electron chi connectivity index (χ3n) is 2.99. The Bertz CT molecular complexity index is 321. The lowest BCUT2D eigenvalue weighted by molar-refractivity contribution is -0.120. The van der Waals surface area contributed by atoms with Crippen molar-refractivity contribution in [1.29, 1.82) is 0 Å². The van der Waals surface area contributed by atoms with E-state index in [1.807, 2.05) is 26.0 Å². The van der Waals surface area contributed by atoms with Crippen molar-refractivity contribution in [1.82, 2.24) is 0 Å². The van der Waals surface area contributed by atoms with Gasteiger partial charge in [-0.25, -0.2) is 0 Å². The molecule has 2 heteroatoms. The van der Waals surface area contributed by atoms with Crippen molar-refractivity contribution in [2.75, 3.05) is 0 Å². The molecule has 1 aliphatic heterocycles. The molecule has 1 aliphatic carbocycles. The predicted molar refractivity (Wildman–Crippen MR) is 50.1 cm³/mol. The van der Waals surface area contributed by atoms with E-state index in [4.69, 9.17) is 4.74 Å². The molecule has 0 fully saturated rings. The van der Waals surface area contributed by atoms with Crippen LogP contribution in [0.4, 0.5) is 0 Å². The summed E-state index contributed by atoms with van der Waals surface area (Å²) in [5.41, 5.74) is 0.843. The smallest absolute Gasteiger partial charge is 0.201 e. The van der Waals surface area contributed by atoms with E-state index in [-0.39, 0.29) is 11.4 Å². The number of allylic oxidation sites excluding steroid dienone is 3. The molecule has 13 heavy (non-hydrogen) atoms. The molecule has 0 saturated carbocycles. The Labute approximate surface area is 78.3 Å². The Morgan fingerprint density at radius 1 is 1.54 bits per heavy atom. The first-order valence-corrected chi connectivity index (χ1v) is 4.65. The number of hydrogen-bond acceptors (Lipinski definition) is 2. The topological polar surface area (TPSA) is 26.3 Å². The van der Waals surface area contributed by atoms with Gasteiger partial charge in [0, 0.05) is 17.9 Å². The summed E-state index contributed by atoms with van der Waals surface area (Å²) in [5, 5.41) is 0. The maximum absolute atomic E-state index is 11.5. The molecule has 0 saturated heterocycles. The van der Waals surface area contributed by atoms with Crippen molar-refractivity contribution < 1.29 is 9.53 Å². The minimum Gasteiger partial charge on any atom is -0.483 e. The summed E-state index contributed by atoms with van der Waals surface area (Å²) in [6.07, 6.45) is 4.43. The number of ketones is 1. The molecule has 0 bridgehead atoms. The molecule has 2 rings (SSSR count). The van der Waals surface area contributed by atoms with E-state index in [0.717, 1.165) is 5.57 Å². The van der Waals surface area contributed by atoms with Crippen LogP contribution in [0.15, 0.2) is 23.5 Å². The highest BCUT2D eigenvalue weighted by Crippen LogP contribution is 2.41. The lowest BCUT2D eigenvalue weighted by Crippen LogP contribution is -2.27. The summed E-state index contributed by atoms with van der Waals surface area (Å²) in [5.74, 6) is 1.03. The van der Waals surface area contributed by atoms with Crippen LogP contribution < -0.4 is 0 Å². The van der Waals surface area contributed by atoms with Gasteiger partial charge < -0.3 is 4.74 Å². The first kappa shape index (κ1) is 8.54. The van der Waals surface area contributed by atoms with Crippen LogP contribution in [0.5, 0.6) is 0 Å². The second kappa shape index (κ2) is 2.47. The second-order valence-corrected chi connectivity index (χ2v) is 4.24. The minimum absolute atomic E-state index is 0.120. The van der Waals surface area contributed by atoms with E-state index in [9.17, 15) is 4.79 Å². The fraction of sp³-hybridized carbons (Fsp3) is 0.545. The molecule has 70 valence electrons. The number of rotatable bonds is 0.